The molecule has 3 heteroatoms. The summed E-state index contributed by atoms with van der Waals surface area (Å²) >= 11 is 1.76. The van der Waals surface area contributed by atoms with Crippen LogP contribution in [-0.4, -0.2) is 18.1 Å². The zero-order chi connectivity index (χ0) is 9.80. The van der Waals surface area contributed by atoms with E-state index in [2.05, 4.69) is 22.6 Å². The molecule has 1 aromatic heterocycles. The molecular formula is C11H18N2S. The Morgan fingerprint density at radius 3 is 3.07 bits per heavy atom. The molecule has 0 aromatic carbocycles. The summed E-state index contributed by atoms with van der Waals surface area (Å²) in [5, 5.41) is 6.85. The number of aromatic nitrogens is 1. The van der Waals surface area contributed by atoms with Gasteiger partial charge in [-0.1, -0.05) is 13.3 Å². The van der Waals surface area contributed by atoms with Gasteiger partial charge in [-0.05, 0) is 25.3 Å². The Morgan fingerprint density at radius 1 is 1.64 bits per heavy atom. The highest BCUT2D eigenvalue weighted by Gasteiger charge is 2.17. The normalized spacial score (nSPS) is 19.2. The van der Waals surface area contributed by atoms with Gasteiger partial charge in [0.25, 0.3) is 0 Å². The predicted octanol–water partition coefficient (Wildman–Crippen LogP) is 2.64. The molecular weight excluding hydrogens is 192 g/mol. The highest BCUT2D eigenvalue weighted by Crippen LogP contribution is 2.25. The second kappa shape index (κ2) is 4.89. The molecule has 1 unspecified atom stereocenters. The van der Waals surface area contributed by atoms with Gasteiger partial charge in [-0.25, -0.2) is 4.98 Å². The van der Waals surface area contributed by atoms with E-state index >= 15 is 0 Å². The van der Waals surface area contributed by atoms with Gasteiger partial charge in [-0.3, -0.25) is 0 Å². The Balaban J connectivity index is 1.65. The zero-order valence-electron chi connectivity index (χ0n) is 8.70. The fraction of sp³-hybridized carbons (Fsp3) is 0.727. The van der Waals surface area contributed by atoms with Crippen molar-refractivity contribution in [3.63, 3.8) is 0 Å². The van der Waals surface area contributed by atoms with Crippen LogP contribution in [0.2, 0.25) is 0 Å². The smallest absolute Gasteiger partial charge is 0.0965 e. The first kappa shape index (κ1) is 10.1. The van der Waals surface area contributed by atoms with E-state index in [1.807, 2.05) is 6.20 Å². The highest BCUT2D eigenvalue weighted by molar-refractivity contribution is 7.09. The van der Waals surface area contributed by atoms with Crippen LogP contribution in [0.1, 0.15) is 37.1 Å². The molecule has 2 nitrogen and oxygen atoms in total. The van der Waals surface area contributed by atoms with Gasteiger partial charge in [-0.15, -0.1) is 11.3 Å². The summed E-state index contributed by atoms with van der Waals surface area (Å²) in [6.45, 7) is 4.52. The largest absolute Gasteiger partial charge is 0.316 e. The van der Waals surface area contributed by atoms with Crippen molar-refractivity contribution in [3.05, 3.63) is 16.6 Å². The van der Waals surface area contributed by atoms with Gasteiger partial charge < -0.3 is 5.32 Å². The second-order valence-corrected chi connectivity index (χ2v) is 5.15. The van der Waals surface area contributed by atoms with Gasteiger partial charge in [0.05, 0.1) is 5.01 Å². The molecule has 0 amide bonds. The van der Waals surface area contributed by atoms with Crippen LogP contribution in [0.5, 0.6) is 0 Å². The van der Waals surface area contributed by atoms with E-state index in [9.17, 15) is 0 Å². The van der Waals surface area contributed by atoms with Crippen LogP contribution in [0.25, 0.3) is 0 Å². The molecule has 1 aromatic rings. The third-order valence-electron chi connectivity index (χ3n) is 2.98. The molecule has 0 aliphatic heterocycles. The van der Waals surface area contributed by atoms with Gasteiger partial charge >= 0.3 is 0 Å². The first-order valence-electron chi connectivity index (χ1n) is 5.46. The molecule has 1 aliphatic rings. The molecule has 0 radical (unpaired) electrons. The van der Waals surface area contributed by atoms with Crippen LogP contribution in [0.15, 0.2) is 11.6 Å². The van der Waals surface area contributed by atoms with Crippen molar-refractivity contribution in [2.75, 3.05) is 13.1 Å². The van der Waals surface area contributed by atoms with Crippen molar-refractivity contribution in [1.29, 1.82) is 0 Å². The molecule has 1 heterocycles. The minimum absolute atomic E-state index is 0.565. The minimum atomic E-state index is 0.565. The molecule has 14 heavy (non-hydrogen) atoms. The van der Waals surface area contributed by atoms with Gasteiger partial charge in [-0.2, -0.15) is 0 Å². The Kier molecular flexibility index (Phi) is 3.54. The van der Waals surface area contributed by atoms with Crippen LogP contribution in [-0.2, 0) is 0 Å². The lowest BCUT2D eigenvalue weighted by atomic mass is 9.85. The molecule has 78 valence electrons. The first-order valence-corrected chi connectivity index (χ1v) is 6.34. The average Bonchev–Trinajstić information content (AvgIpc) is 2.61. The van der Waals surface area contributed by atoms with Gasteiger partial charge in [0.15, 0.2) is 0 Å². The number of hydrogen-bond acceptors (Lipinski definition) is 3. The lowest BCUT2D eigenvalue weighted by Gasteiger charge is -2.26. The van der Waals surface area contributed by atoms with Crippen molar-refractivity contribution in [2.24, 2.45) is 5.92 Å². The summed E-state index contributed by atoms with van der Waals surface area (Å²) in [6, 6.07) is 0. The molecule has 1 atom stereocenters. The highest BCUT2D eigenvalue weighted by atomic mass is 32.1. The number of nitrogens with zero attached hydrogens (tertiary/aromatic N) is 1. The van der Waals surface area contributed by atoms with E-state index in [0.29, 0.717) is 5.92 Å². The van der Waals surface area contributed by atoms with Crippen LogP contribution in [0.3, 0.4) is 0 Å². The number of hydrogen-bond donors (Lipinski definition) is 1. The summed E-state index contributed by atoms with van der Waals surface area (Å²) in [7, 11) is 0. The predicted molar refractivity (Wildman–Crippen MR) is 60.7 cm³/mol. The van der Waals surface area contributed by atoms with Crippen LogP contribution in [0.4, 0.5) is 0 Å². The van der Waals surface area contributed by atoms with Gasteiger partial charge in [0, 0.05) is 24.0 Å². The molecule has 0 spiro atoms. The summed E-state index contributed by atoms with van der Waals surface area (Å²) in [5.41, 5.74) is 0. The summed E-state index contributed by atoms with van der Waals surface area (Å²) < 4.78 is 0. The molecule has 0 saturated heterocycles. The third-order valence-corrected chi connectivity index (χ3v) is 3.99. The Hall–Kier alpha value is -0.410. The maximum Gasteiger partial charge on any atom is 0.0965 e. The number of nitrogens with one attached hydrogen (secondary N) is 1. The Morgan fingerprint density at radius 2 is 2.50 bits per heavy atom. The fourth-order valence-electron chi connectivity index (χ4n) is 1.77. The summed E-state index contributed by atoms with van der Waals surface area (Å²) in [4.78, 5) is 4.33. The SMILES string of the molecule is CC(CNCC1CCC1)c1nccs1. The molecule has 2 rings (SSSR count). The van der Waals surface area contributed by atoms with Gasteiger partial charge in [0.2, 0.25) is 0 Å². The summed E-state index contributed by atoms with van der Waals surface area (Å²) in [5.74, 6) is 1.52. The Bertz CT molecular complexity index is 254. The van der Waals surface area contributed by atoms with Crippen molar-refractivity contribution >= 4 is 11.3 Å². The molecule has 0 bridgehead atoms. The first-order chi connectivity index (χ1) is 6.86. The summed E-state index contributed by atoms with van der Waals surface area (Å²) in [6.07, 6.45) is 6.19. The molecule has 1 saturated carbocycles. The van der Waals surface area contributed by atoms with Crippen LogP contribution >= 0.6 is 11.3 Å². The monoisotopic (exact) mass is 210 g/mol. The van der Waals surface area contributed by atoms with E-state index in [4.69, 9.17) is 0 Å². The van der Waals surface area contributed by atoms with Crippen molar-refractivity contribution < 1.29 is 0 Å². The third kappa shape index (κ3) is 2.55. The van der Waals surface area contributed by atoms with E-state index in [-0.39, 0.29) is 0 Å². The van der Waals surface area contributed by atoms with Crippen molar-refractivity contribution in [3.8, 4) is 0 Å². The molecule has 1 aliphatic carbocycles. The lowest BCUT2D eigenvalue weighted by molar-refractivity contribution is 0.300. The van der Waals surface area contributed by atoms with Crippen LogP contribution < -0.4 is 5.32 Å². The van der Waals surface area contributed by atoms with E-state index < -0.39 is 0 Å². The second-order valence-electron chi connectivity index (χ2n) is 4.23. The minimum Gasteiger partial charge on any atom is -0.316 e. The Labute approximate surface area is 89.8 Å². The van der Waals surface area contributed by atoms with E-state index in [0.717, 1.165) is 12.5 Å². The standard InChI is InChI=1S/C11H18N2S/c1-9(11-13-5-6-14-11)7-12-8-10-3-2-4-10/h5-6,9-10,12H,2-4,7-8H2,1H3. The van der Waals surface area contributed by atoms with E-state index in [1.165, 1.54) is 30.8 Å². The molecule has 1 fully saturated rings. The van der Waals surface area contributed by atoms with E-state index in [1.54, 1.807) is 11.3 Å². The average molecular weight is 210 g/mol. The van der Waals surface area contributed by atoms with Gasteiger partial charge in [0.1, 0.15) is 0 Å². The number of rotatable bonds is 5. The quantitative estimate of drug-likeness (QED) is 0.808. The molecule has 1 N–H and O–H groups in total. The fourth-order valence-corrected chi connectivity index (χ4v) is 2.46. The topological polar surface area (TPSA) is 24.9 Å². The van der Waals surface area contributed by atoms with Crippen molar-refractivity contribution in [1.82, 2.24) is 10.3 Å². The maximum absolute atomic E-state index is 4.33. The van der Waals surface area contributed by atoms with Crippen molar-refractivity contribution in [2.45, 2.75) is 32.1 Å². The zero-order valence-corrected chi connectivity index (χ0v) is 9.52. The number of thiazole rings is 1. The van der Waals surface area contributed by atoms with Crippen LogP contribution in [0, 0.1) is 5.92 Å². The lowest BCUT2D eigenvalue weighted by Crippen LogP contribution is -2.29. The maximum atomic E-state index is 4.33.